The summed E-state index contributed by atoms with van der Waals surface area (Å²) in [4.78, 5) is 20.4. The number of carbonyl (C=O) groups excluding carboxylic acids is 1. The molecule has 7 heteroatoms. The van der Waals surface area contributed by atoms with Crippen molar-refractivity contribution in [2.24, 2.45) is 0 Å². The van der Waals surface area contributed by atoms with Gasteiger partial charge in [-0.25, -0.2) is 8.42 Å². The van der Waals surface area contributed by atoms with Gasteiger partial charge in [-0.1, -0.05) is 18.2 Å². The number of para-hydroxylation sites is 1. The van der Waals surface area contributed by atoms with Crippen LogP contribution in [0.3, 0.4) is 0 Å². The van der Waals surface area contributed by atoms with Gasteiger partial charge in [0.1, 0.15) is 5.69 Å². The molecule has 1 aromatic carbocycles. The van der Waals surface area contributed by atoms with Crippen LogP contribution in [0.2, 0.25) is 0 Å². The number of amides is 1. The first-order chi connectivity index (χ1) is 11.9. The number of nitrogens with zero attached hydrogens (tertiary/aromatic N) is 3. The summed E-state index contributed by atoms with van der Waals surface area (Å²) in [5, 5.41) is 0. The van der Waals surface area contributed by atoms with Crippen LogP contribution in [0.1, 0.15) is 16.9 Å². The Hall–Kier alpha value is -2.41. The largest absolute Gasteiger partial charge is 0.370 e. The van der Waals surface area contributed by atoms with Crippen molar-refractivity contribution in [1.82, 2.24) is 4.98 Å². The van der Waals surface area contributed by atoms with Gasteiger partial charge < -0.3 is 9.80 Å². The molecular formula is C18H21N3O3S. The summed E-state index contributed by atoms with van der Waals surface area (Å²) >= 11 is 0. The van der Waals surface area contributed by atoms with Crippen molar-refractivity contribution < 1.29 is 13.2 Å². The fourth-order valence-corrected chi connectivity index (χ4v) is 4.76. The maximum Gasteiger partial charge on any atom is 0.276 e. The minimum atomic E-state index is -2.96. The SMILES string of the molecule is CN(C(=O)c1cc(N(C)C2CCS(=O)(=O)C2)ccn1)c1ccccc1. The summed E-state index contributed by atoms with van der Waals surface area (Å²) in [6.07, 6.45) is 2.19. The molecule has 0 radical (unpaired) electrons. The van der Waals surface area contributed by atoms with E-state index in [1.165, 1.54) is 0 Å². The lowest BCUT2D eigenvalue weighted by Gasteiger charge is -2.26. The highest BCUT2D eigenvalue weighted by molar-refractivity contribution is 7.91. The van der Waals surface area contributed by atoms with Crippen LogP contribution in [0, 0.1) is 0 Å². The second kappa shape index (κ2) is 6.84. The van der Waals surface area contributed by atoms with Gasteiger partial charge in [0.25, 0.3) is 5.91 Å². The van der Waals surface area contributed by atoms with E-state index >= 15 is 0 Å². The summed E-state index contributed by atoms with van der Waals surface area (Å²) in [6.45, 7) is 0. The lowest BCUT2D eigenvalue weighted by Crippen LogP contribution is -2.33. The van der Waals surface area contributed by atoms with Crippen LogP contribution in [0.4, 0.5) is 11.4 Å². The number of aromatic nitrogens is 1. The van der Waals surface area contributed by atoms with Crippen LogP contribution in [-0.2, 0) is 9.84 Å². The Labute approximate surface area is 148 Å². The van der Waals surface area contributed by atoms with Gasteiger partial charge in [-0.3, -0.25) is 9.78 Å². The Morgan fingerprint density at radius 2 is 1.84 bits per heavy atom. The van der Waals surface area contributed by atoms with E-state index in [1.807, 2.05) is 42.3 Å². The Kier molecular flexibility index (Phi) is 4.76. The van der Waals surface area contributed by atoms with E-state index in [4.69, 9.17) is 0 Å². The molecule has 0 N–H and O–H groups in total. The lowest BCUT2D eigenvalue weighted by atomic mass is 10.2. The molecule has 2 heterocycles. The van der Waals surface area contributed by atoms with Gasteiger partial charge in [0.15, 0.2) is 9.84 Å². The molecule has 25 heavy (non-hydrogen) atoms. The van der Waals surface area contributed by atoms with Gasteiger partial charge in [-0.15, -0.1) is 0 Å². The summed E-state index contributed by atoms with van der Waals surface area (Å²) in [5.41, 5.74) is 1.91. The molecule has 1 aromatic heterocycles. The maximum atomic E-state index is 12.7. The normalized spacial score (nSPS) is 18.7. The fraction of sp³-hybridized carbons (Fsp3) is 0.333. The summed E-state index contributed by atoms with van der Waals surface area (Å²) in [7, 11) is 0.608. The average Bonchev–Trinajstić information content (AvgIpc) is 3.00. The van der Waals surface area contributed by atoms with E-state index in [1.54, 1.807) is 30.3 Å². The van der Waals surface area contributed by atoms with Crippen molar-refractivity contribution >= 4 is 27.1 Å². The van der Waals surface area contributed by atoms with Crippen LogP contribution >= 0.6 is 0 Å². The molecule has 1 aliphatic heterocycles. The van der Waals surface area contributed by atoms with Crippen molar-refractivity contribution in [3.8, 4) is 0 Å². The van der Waals surface area contributed by atoms with Gasteiger partial charge in [0, 0.05) is 37.7 Å². The highest BCUT2D eigenvalue weighted by atomic mass is 32.2. The minimum absolute atomic E-state index is 0.0674. The van der Waals surface area contributed by atoms with Crippen molar-refractivity contribution in [3.63, 3.8) is 0 Å². The second-order valence-corrected chi connectivity index (χ2v) is 8.50. The molecule has 1 aliphatic rings. The predicted octanol–water partition coefficient (Wildman–Crippen LogP) is 1.98. The standard InChI is InChI=1S/C18H21N3O3S/c1-20(16-9-11-25(23,24)13-16)15-8-10-19-17(12-15)18(22)21(2)14-6-4-3-5-7-14/h3-8,10,12,16H,9,11,13H2,1-2H3. The first-order valence-electron chi connectivity index (χ1n) is 8.10. The number of hydrogen-bond donors (Lipinski definition) is 0. The number of rotatable bonds is 4. The Morgan fingerprint density at radius 1 is 1.12 bits per heavy atom. The number of anilines is 2. The number of sulfone groups is 1. The maximum absolute atomic E-state index is 12.7. The van der Waals surface area contributed by atoms with E-state index in [0.717, 1.165) is 11.4 Å². The Bertz CT molecular complexity index is 868. The smallest absolute Gasteiger partial charge is 0.276 e. The van der Waals surface area contributed by atoms with Crippen molar-refractivity contribution in [1.29, 1.82) is 0 Å². The van der Waals surface area contributed by atoms with Crippen molar-refractivity contribution in [3.05, 3.63) is 54.4 Å². The molecule has 1 fully saturated rings. The highest BCUT2D eigenvalue weighted by Crippen LogP contribution is 2.24. The van der Waals surface area contributed by atoms with E-state index in [0.29, 0.717) is 12.1 Å². The summed E-state index contributed by atoms with van der Waals surface area (Å²) in [6, 6.07) is 12.8. The first-order valence-corrected chi connectivity index (χ1v) is 9.92. The molecule has 0 bridgehead atoms. The van der Waals surface area contributed by atoms with Crippen molar-refractivity contribution in [2.75, 3.05) is 35.4 Å². The number of carbonyl (C=O) groups is 1. The number of pyridine rings is 1. The quantitative estimate of drug-likeness (QED) is 0.835. The summed E-state index contributed by atoms with van der Waals surface area (Å²) < 4.78 is 23.4. The van der Waals surface area contributed by atoms with Crippen LogP contribution in [0.25, 0.3) is 0 Å². The van der Waals surface area contributed by atoms with Gasteiger partial charge in [0.05, 0.1) is 11.5 Å². The molecule has 3 rings (SSSR count). The van der Waals surface area contributed by atoms with Crippen LogP contribution < -0.4 is 9.80 Å². The Balaban J connectivity index is 1.80. The molecule has 1 atom stereocenters. The zero-order chi connectivity index (χ0) is 18.0. The molecule has 0 aliphatic carbocycles. The molecule has 1 saturated heterocycles. The average molecular weight is 359 g/mol. The fourth-order valence-electron chi connectivity index (χ4n) is 2.99. The molecule has 1 amide bonds. The predicted molar refractivity (Wildman–Crippen MR) is 98.9 cm³/mol. The zero-order valence-corrected chi connectivity index (χ0v) is 15.1. The zero-order valence-electron chi connectivity index (χ0n) is 14.3. The molecular weight excluding hydrogens is 338 g/mol. The highest BCUT2D eigenvalue weighted by Gasteiger charge is 2.31. The van der Waals surface area contributed by atoms with Gasteiger partial charge in [-0.05, 0) is 30.7 Å². The van der Waals surface area contributed by atoms with Gasteiger partial charge in [0.2, 0.25) is 0 Å². The Morgan fingerprint density at radius 3 is 2.48 bits per heavy atom. The molecule has 0 saturated carbocycles. The monoisotopic (exact) mass is 359 g/mol. The number of hydrogen-bond acceptors (Lipinski definition) is 5. The van der Waals surface area contributed by atoms with Crippen LogP contribution in [0.5, 0.6) is 0 Å². The topological polar surface area (TPSA) is 70.6 Å². The van der Waals surface area contributed by atoms with E-state index in [9.17, 15) is 13.2 Å². The van der Waals surface area contributed by atoms with Crippen molar-refractivity contribution in [2.45, 2.75) is 12.5 Å². The molecule has 1 unspecified atom stereocenters. The van der Waals surface area contributed by atoms with E-state index in [2.05, 4.69) is 4.98 Å². The van der Waals surface area contributed by atoms with E-state index < -0.39 is 9.84 Å². The third-order valence-corrected chi connectivity index (χ3v) is 6.32. The number of benzene rings is 1. The van der Waals surface area contributed by atoms with Gasteiger partial charge in [-0.2, -0.15) is 0 Å². The van der Waals surface area contributed by atoms with Crippen LogP contribution in [-0.4, -0.2) is 51.0 Å². The molecule has 6 nitrogen and oxygen atoms in total. The molecule has 132 valence electrons. The van der Waals surface area contributed by atoms with Gasteiger partial charge >= 0.3 is 0 Å². The second-order valence-electron chi connectivity index (χ2n) is 6.27. The van der Waals surface area contributed by atoms with Crippen LogP contribution in [0.15, 0.2) is 48.7 Å². The summed E-state index contributed by atoms with van der Waals surface area (Å²) in [5.74, 6) is 0.162. The third kappa shape index (κ3) is 3.82. The first kappa shape index (κ1) is 17.4. The third-order valence-electron chi connectivity index (χ3n) is 4.57. The molecule has 0 spiro atoms. The minimum Gasteiger partial charge on any atom is -0.370 e. The lowest BCUT2D eigenvalue weighted by molar-refractivity contribution is 0.0988. The molecule has 2 aromatic rings. The van der Waals surface area contributed by atoms with E-state index in [-0.39, 0.29) is 23.5 Å².